The standard InChI is InChI=1S/C27H29ClN3O6.C25H35N3O7.C22H30N2O6.C11H19NO4.Y/c1-17(29-24(33)19-10-7-11-20(28)14-19)26(35)31-13-6-5-12-22(31)25(34)30-21-15-23(32)37-27(21)36-16-18-8-3-2-4-9-18;1-16(26-24(32)35-25(2,3)4)22(31)28-13-9-8-12-19(28)21(30)27-18-14-20(29)34-23(18)33-15-17-10-6-5-7-11-17;1-22(2,3)30-21(27)24-12-8-7-11-17(24)19(26)23-16-13-18(25)29-20(16)28-14-15-9-5-4-6-10-15;1-11(2,3)16-10(15)12-7-5-4-6-8(12)9(13)14;/h2-4,7-10,14,17,21-22,27H,5-6,12-13,15-16H2,1H3,(H,29,33)(H,30,34);5-7,10-11,16,18-19,23H,8-9,12-15H2,1-4H3,(H,26,32)(H,27,30);4-6,9-10,16-17,20H,7-8,11-14H2,1-3H3,(H,23,26);8H,4-7H2,1-3H3,(H,13,14);/q-1;;;;/t17-,21-,22-,27?;16-,18-,19-,23?;16-,17-,20?;8-;/m0000./s1. The molecule has 0 aliphatic carbocycles. The van der Waals surface area contributed by atoms with Crippen molar-refractivity contribution in [1.82, 2.24) is 46.2 Å². The number of nitrogens with zero attached hydrogens (tertiary/aromatic N) is 4. The number of halogens is 1. The number of carboxylic acids is 1. The number of nitrogens with one attached hydrogen (secondary N) is 5. The van der Waals surface area contributed by atoms with Crippen LogP contribution in [0.5, 0.6) is 0 Å². The molecule has 119 heavy (non-hydrogen) atoms. The van der Waals surface area contributed by atoms with Crippen molar-refractivity contribution in [3.05, 3.63) is 143 Å². The second-order valence-electron chi connectivity index (χ2n) is 32.7. The molecule has 0 spiro atoms. The maximum atomic E-state index is 13.3. The SMILES string of the molecule is CC(C)(C)OC(=O)N1CCCC[C@H]1C(=O)N[C@H]1CC(=O)OC1OCc1ccccc1.CC(C)(C)OC(=O)N1CCCC[C@H]1C(=O)O.C[C@H](NC(=O)OC(C)(C)C)C(=O)N1CCCC[C@H]1C(=O)N[C@H]1CC(=O)OC1OCc1ccccc1.C[C@H](NC(=O)c1cc[c-]c(Cl)c1)C(=O)N1CCCC[C@H]1C(=O)N[C@H]1CC(=O)OC1OCc1ccccc1.[Y]. The Morgan fingerprint density at radius 2 is 0.782 bits per heavy atom. The molecule has 0 aromatic heterocycles. The van der Waals surface area contributed by atoms with Crippen LogP contribution in [-0.2, 0) is 138 Å². The van der Waals surface area contributed by atoms with Gasteiger partial charge >= 0.3 is 42.2 Å². The Hall–Kier alpha value is -9.34. The van der Waals surface area contributed by atoms with Crippen molar-refractivity contribution in [3.8, 4) is 0 Å². The van der Waals surface area contributed by atoms with Crippen molar-refractivity contribution >= 4 is 89.2 Å². The van der Waals surface area contributed by atoms with Crippen LogP contribution in [-0.4, -0.2) is 219 Å². The van der Waals surface area contributed by atoms with E-state index in [1.165, 1.54) is 31.7 Å². The molecule has 0 saturated carbocycles. The van der Waals surface area contributed by atoms with Gasteiger partial charge in [0, 0.05) is 58.9 Å². The molecule has 4 aromatic carbocycles. The maximum Gasteiger partial charge on any atom is 0.411 e. The van der Waals surface area contributed by atoms with Crippen LogP contribution in [0.4, 0.5) is 14.4 Å². The molecule has 3 unspecified atom stereocenters. The smallest absolute Gasteiger partial charge is 0.411 e. The van der Waals surface area contributed by atoms with Gasteiger partial charge in [0.05, 0.1) is 39.1 Å². The van der Waals surface area contributed by atoms with Gasteiger partial charge in [-0.15, -0.1) is 17.7 Å². The Balaban J connectivity index is 0.000000225. The Bertz CT molecular complexity index is 4090. The molecule has 647 valence electrons. The number of piperidine rings is 4. The number of esters is 3. The van der Waals surface area contributed by atoms with Gasteiger partial charge in [-0.05, 0) is 170 Å². The molecule has 6 N–H and O–H groups in total. The Morgan fingerprint density at radius 3 is 1.12 bits per heavy atom. The average Bonchev–Trinajstić information content (AvgIpc) is 1.69. The van der Waals surface area contributed by atoms with Gasteiger partial charge in [0.2, 0.25) is 54.3 Å². The third-order valence-electron chi connectivity index (χ3n) is 19.5. The molecule has 7 aliphatic rings. The zero-order valence-corrected chi connectivity index (χ0v) is 73.1. The third kappa shape index (κ3) is 31.3. The molecule has 0 bridgehead atoms. The molecule has 34 heteroatoms. The number of carbonyl (C=O) groups excluding carboxylic acids is 12. The number of hydrogen-bond donors (Lipinski definition) is 6. The van der Waals surface area contributed by atoms with Crippen LogP contribution in [0.2, 0.25) is 5.02 Å². The number of amides is 9. The molecule has 4 aromatic rings. The first kappa shape index (κ1) is 96.8. The van der Waals surface area contributed by atoms with E-state index >= 15 is 0 Å². The molecular formula is C85H113ClN9O23Y-. The summed E-state index contributed by atoms with van der Waals surface area (Å²) >= 11 is 5.91. The summed E-state index contributed by atoms with van der Waals surface area (Å²) in [6.07, 6.45) is 3.97. The topological polar surface area (TPSA) is 398 Å². The second-order valence-corrected chi connectivity index (χ2v) is 33.1. The van der Waals surface area contributed by atoms with Crippen molar-refractivity contribution in [1.29, 1.82) is 0 Å². The number of hydrogen-bond acceptors (Lipinski definition) is 22. The van der Waals surface area contributed by atoms with Gasteiger partial charge in [0.15, 0.2) is 0 Å². The molecule has 9 amide bonds. The molecule has 11 rings (SSSR count). The summed E-state index contributed by atoms with van der Waals surface area (Å²) in [7, 11) is 0. The fourth-order valence-corrected chi connectivity index (χ4v) is 14.1. The minimum absolute atomic E-state index is 0. The monoisotopic (exact) mass is 1750 g/mol. The van der Waals surface area contributed by atoms with Crippen molar-refractivity contribution in [3.63, 3.8) is 0 Å². The van der Waals surface area contributed by atoms with E-state index in [2.05, 4.69) is 32.7 Å². The van der Waals surface area contributed by atoms with Gasteiger partial charge < -0.3 is 84.1 Å². The minimum Gasteiger partial charge on any atom is -0.480 e. The zero-order valence-electron chi connectivity index (χ0n) is 69.5. The quantitative estimate of drug-likeness (QED) is 0.0257. The summed E-state index contributed by atoms with van der Waals surface area (Å²) in [4.78, 5) is 167. The summed E-state index contributed by atoms with van der Waals surface area (Å²) in [5.74, 6) is -4.56. The molecule has 7 heterocycles. The Labute approximate surface area is 724 Å². The number of carbonyl (C=O) groups is 13. The zero-order chi connectivity index (χ0) is 86.0. The summed E-state index contributed by atoms with van der Waals surface area (Å²) in [5.41, 5.74) is 1.15. The Kier molecular flexibility index (Phi) is 37.3. The van der Waals surface area contributed by atoms with Crippen LogP contribution in [0.15, 0.2) is 109 Å². The van der Waals surface area contributed by atoms with Gasteiger partial charge in [0.25, 0.3) is 0 Å². The number of ether oxygens (including phenoxy) is 9. The van der Waals surface area contributed by atoms with Crippen LogP contribution in [0.3, 0.4) is 0 Å². The molecule has 32 nitrogen and oxygen atoms in total. The first-order chi connectivity index (χ1) is 55.9. The number of aliphatic carboxylic acids is 1. The number of cyclic esters (lactones) is 3. The maximum absolute atomic E-state index is 13.3. The predicted octanol–water partition coefficient (Wildman–Crippen LogP) is 9.48. The molecule has 1 radical (unpaired) electrons. The van der Waals surface area contributed by atoms with Gasteiger partial charge in [-0.3, -0.25) is 53.0 Å². The van der Waals surface area contributed by atoms with E-state index in [0.29, 0.717) is 62.4 Å². The minimum atomic E-state index is -0.953. The Morgan fingerprint density at radius 1 is 0.462 bits per heavy atom. The van der Waals surface area contributed by atoms with Crippen LogP contribution in [0, 0.1) is 6.07 Å². The van der Waals surface area contributed by atoms with Gasteiger partial charge in [-0.1, -0.05) is 102 Å². The number of rotatable bonds is 21. The van der Waals surface area contributed by atoms with E-state index in [-0.39, 0.29) is 101 Å². The van der Waals surface area contributed by atoms with Crippen LogP contribution in [0.25, 0.3) is 0 Å². The first-order valence-corrected chi connectivity index (χ1v) is 40.5. The van der Waals surface area contributed by atoms with E-state index in [1.54, 1.807) is 82.2 Å². The van der Waals surface area contributed by atoms with Crippen molar-refractivity contribution < 1.29 is 143 Å². The fraction of sp³-hybridized carbons (Fsp3) is 0.565. The van der Waals surface area contributed by atoms with Gasteiger partial charge in [0.1, 0.15) is 71.2 Å². The van der Waals surface area contributed by atoms with Crippen LogP contribution in [0.1, 0.15) is 200 Å². The number of alkyl carbamates (subject to hydrolysis) is 1. The third-order valence-corrected chi connectivity index (χ3v) is 19.7. The molecule has 7 saturated heterocycles. The van der Waals surface area contributed by atoms with Gasteiger partial charge in [-0.25, -0.2) is 19.2 Å². The number of likely N-dealkylation sites (tertiary alicyclic amines) is 4. The second kappa shape index (κ2) is 45.9. The molecule has 7 aliphatic heterocycles. The predicted molar refractivity (Wildman–Crippen MR) is 427 cm³/mol. The fourth-order valence-electron chi connectivity index (χ4n) is 13.9. The summed E-state index contributed by atoms with van der Waals surface area (Å²) < 4.78 is 48.9. The van der Waals surface area contributed by atoms with E-state index < -0.39 is 138 Å². The first-order valence-electron chi connectivity index (χ1n) is 40.2. The van der Waals surface area contributed by atoms with E-state index in [1.807, 2.05) is 91.0 Å². The molecular weight excluding hydrogens is 1640 g/mol. The van der Waals surface area contributed by atoms with E-state index in [4.69, 9.17) is 59.3 Å². The summed E-state index contributed by atoms with van der Waals surface area (Å²) in [6, 6.07) is 29.2. The largest absolute Gasteiger partial charge is 0.480 e. The molecule has 7 fully saturated rings. The number of carboxylic acid groups (broad SMARTS) is 1. The number of benzene rings is 4. The van der Waals surface area contributed by atoms with Crippen molar-refractivity contribution in [2.24, 2.45) is 0 Å². The van der Waals surface area contributed by atoms with E-state index in [0.717, 1.165) is 68.1 Å². The van der Waals surface area contributed by atoms with E-state index in [9.17, 15) is 62.3 Å². The summed E-state index contributed by atoms with van der Waals surface area (Å²) in [6.45, 7) is 21.4. The normalized spacial score (nSPS) is 22.8. The molecule has 12 atom stereocenters. The summed E-state index contributed by atoms with van der Waals surface area (Å²) in [5, 5.41) is 23.1. The van der Waals surface area contributed by atoms with Crippen molar-refractivity contribution in [2.45, 2.75) is 282 Å². The van der Waals surface area contributed by atoms with Crippen molar-refractivity contribution in [2.75, 3.05) is 26.2 Å². The van der Waals surface area contributed by atoms with Gasteiger partial charge in [-0.2, -0.15) is 18.2 Å². The van der Waals surface area contributed by atoms with Crippen LogP contribution >= 0.6 is 11.6 Å². The average molecular weight is 1750 g/mol. The van der Waals surface area contributed by atoms with Crippen LogP contribution < -0.4 is 26.6 Å².